The van der Waals surface area contributed by atoms with E-state index >= 15 is 0 Å². The summed E-state index contributed by atoms with van der Waals surface area (Å²) in [7, 11) is 0. The molecule has 1 aromatic heterocycles. The molecular formula is C11H15NO3. The van der Waals surface area contributed by atoms with Crippen LogP contribution in [0.3, 0.4) is 0 Å². The molecule has 0 saturated heterocycles. The van der Waals surface area contributed by atoms with Gasteiger partial charge in [0, 0.05) is 19.1 Å². The Morgan fingerprint density at radius 3 is 2.87 bits per heavy atom. The Morgan fingerprint density at radius 1 is 1.67 bits per heavy atom. The van der Waals surface area contributed by atoms with Gasteiger partial charge < -0.3 is 9.94 Å². The maximum atomic E-state index is 11.4. The Morgan fingerprint density at radius 2 is 2.33 bits per heavy atom. The van der Waals surface area contributed by atoms with Crippen LogP contribution in [-0.4, -0.2) is 12.6 Å². The molecule has 0 N–H and O–H groups in total. The Labute approximate surface area is 89.1 Å². The molecule has 0 fully saturated rings. The lowest BCUT2D eigenvalue weighted by atomic mass is 10.0. The fraction of sp³-hybridized carbons (Fsp3) is 0.455. The number of hydrogen-bond donors (Lipinski definition) is 0. The van der Waals surface area contributed by atoms with Gasteiger partial charge in [-0.05, 0) is 19.4 Å². The highest BCUT2D eigenvalue weighted by molar-refractivity contribution is 5.77. The third kappa shape index (κ3) is 2.68. The maximum Gasteiger partial charge on any atom is 0.313 e. The molecule has 1 heterocycles. The fourth-order valence-electron chi connectivity index (χ4n) is 1.30. The van der Waals surface area contributed by atoms with Crippen molar-refractivity contribution < 1.29 is 14.3 Å². The summed E-state index contributed by atoms with van der Waals surface area (Å²) in [5, 5.41) is 11.1. The van der Waals surface area contributed by atoms with Crippen molar-refractivity contribution in [2.24, 2.45) is 0 Å². The second-order valence-corrected chi connectivity index (χ2v) is 3.40. The average Bonchev–Trinajstić information content (AvgIpc) is 2.21. The highest BCUT2D eigenvalue weighted by Crippen LogP contribution is 2.16. The summed E-state index contributed by atoms with van der Waals surface area (Å²) in [5.41, 5.74) is 1.38. The molecule has 0 spiro atoms. The lowest BCUT2D eigenvalue weighted by Crippen LogP contribution is -2.29. The summed E-state index contributed by atoms with van der Waals surface area (Å²) in [6.07, 6.45) is 1.40. The molecule has 0 aliphatic heterocycles. The third-order valence-electron chi connectivity index (χ3n) is 2.27. The van der Waals surface area contributed by atoms with Crippen LogP contribution in [0.4, 0.5) is 0 Å². The number of ether oxygens (including phenoxy) is 1. The Balaban J connectivity index is 2.86. The van der Waals surface area contributed by atoms with Gasteiger partial charge in [-0.25, -0.2) is 0 Å². The molecule has 0 aromatic carbocycles. The molecule has 0 amide bonds. The summed E-state index contributed by atoms with van der Waals surface area (Å²) in [6.45, 7) is 5.61. The first kappa shape index (κ1) is 11.5. The third-order valence-corrected chi connectivity index (χ3v) is 2.27. The van der Waals surface area contributed by atoms with E-state index < -0.39 is 0 Å². The van der Waals surface area contributed by atoms with E-state index in [2.05, 4.69) is 0 Å². The van der Waals surface area contributed by atoms with Crippen LogP contribution >= 0.6 is 0 Å². The van der Waals surface area contributed by atoms with Gasteiger partial charge in [0.2, 0.25) is 0 Å². The number of hydrogen-bond acceptors (Lipinski definition) is 3. The molecule has 1 unspecified atom stereocenters. The lowest BCUT2D eigenvalue weighted by molar-refractivity contribution is -0.612. The van der Waals surface area contributed by atoms with Crippen molar-refractivity contribution in [2.45, 2.75) is 26.7 Å². The van der Waals surface area contributed by atoms with Crippen molar-refractivity contribution in [3.63, 3.8) is 0 Å². The molecule has 0 aliphatic carbocycles. The molecule has 15 heavy (non-hydrogen) atoms. The summed E-state index contributed by atoms with van der Waals surface area (Å²) in [6, 6.07) is 3.34. The number of nitrogens with zero attached hydrogens (tertiary/aromatic N) is 1. The zero-order chi connectivity index (χ0) is 11.4. The Bertz CT molecular complexity index is 363. The monoisotopic (exact) mass is 209 g/mol. The van der Waals surface area contributed by atoms with Gasteiger partial charge in [0.15, 0.2) is 11.9 Å². The van der Waals surface area contributed by atoms with Gasteiger partial charge in [0.05, 0.1) is 12.5 Å². The zero-order valence-electron chi connectivity index (χ0n) is 9.19. The van der Waals surface area contributed by atoms with Crippen molar-refractivity contribution >= 4 is 5.97 Å². The first-order valence-electron chi connectivity index (χ1n) is 4.92. The van der Waals surface area contributed by atoms with E-state index in [0.29, 0.717) is 12.3 Å². The number of carbonyl (C=O) groups is 1. The number of carbonyl (C=O) groups excluding carboxylic acids is 1. The van der Waals surface area contributed by atoms with Crippen LogP contribution < -0.4 is 4.73 Å². The van der Waals surface area contributed by atoms with Crippen molar-refractivity contribution in [1.29, 1.82) is 0 Å². The fourth-order valence-corrected chi connectivity index (χ4v) is 1.30. The topological polar surface area (TPSA) is 53.2 Å². The predicted molar refractivity (Wildman–Crippen MR) is 55.2 cm³/mol. The molecule has 82 valence electrons. The molecule has 0 saturated carbocycles. The van der Waals surface area contributed by atoms with Crippen LogP contribution in [-0.2, 0) is 9.53 Å². The number of aryl methyl sites for hydroxylation is 1. The van der Waals surface area contributed by atoms with Gasteiger partial charge in [-0.2, -0.15) is 4.73 Å². The highest BCUT2D eigenvalue weighted by Gasteiger charge is 2.17. The number of pyridine rings is 1. The van der Waals surface area contributed by atoms with Gasteiger partial charge in [-0.15, -0.1) is 0 Å². The van der Waals surface area contributed by atoms with Crippen LogP contribution in [0.1, 0.15) is 31.0 Å². The van der Waals surface area contributed by atoms with Crippen molar-refractivity contribution in [3.05, 3.63) is 34.8 Å². The largest absolute Gasteiger partial charge is 0.619 e. The SMILES string of the molecule is CCOC(=O)C(C)c1cc[n+]([O-])c(C)c1. The number of aromatic nitrogens is 1. The van der Waals surface area contributed by atoms with Crippen molar-refractivity contribution in [1.82, 2.24) is 0 Å². The standard InChI is InChI=1S/C11H15NO3/c1-4-15-11(13)9(3)10-5-6-12(14)8(2)7-10/h5-7,9H,4H2,1-3H3. The molecule has 4 nitrogen and oxygen atoms in total. The molecular weight excluding hydrogens is 194 g/mol. The summed E-state index contributed by atoms with van der Waals surface area (Å²) >= 11 is 0. The van der Waals surface area contributed by atoms with E-state index in [-0.39, 0.29) is 11.9 Å². The van der Waals surface area contributed by atoms with E-state index in [9.17, 15) is 10.0 Å². The van der Waals surface area contributed by atoms with Crippen LogP contribution in [0.25, 0.3) is 0 Å². The molecule has 0 radical (unpaired) electrons. The van der Waals surface area contributed by atoms with E-state index in [1.165, 1.54) is 6.20 Å². The summed E-state index contributed by atoms with van der Waals surface area (Å²) < 4.78 is 5.67. The normalized spacial score (nSPS) is 12.2. The molecule has 4 heteroatoms. The van der Waals surface area contributed by atoms with Crippen LogP contribution in [0.5, 0.6) is 0 Å². The van der Waals surface area contributed by atoms with Crippen LogP contribution in [0.2, 0.25) is 0 Å². The second kappa shape index (κ2) is 4.77. The van der Waals surface area contributed by atoms with Crippen LogP contribution in [0.15, 0.2) is 18.3 Å². The minimum atomic E-state index is -0.329. The van der Waals surface area contributed by atoms with Crippen molar-refractivity contribution in [2.75, 3.05) is 6.61 Å². The molecule has 0 bridgehead atoms. The zero-order valence-corrected chi connectivity index (χ0v) is 9.19. The quantitative estimate of drug-likeness (QED) is 0.428. The molecule has 1 aromatic rings. The minimum Gasteiger partial charge on any atom is -0.619 e. The first-order chi connectivity index (χ1) is 7.06. The van der Waals surface area contributed by atoms with E-state index in [4.69, 9.17) is 4.74 Å². The second-order valence-electron chi connectivity index (χ2n) is 3.40. The molecule has 1 atom stereocenters. The first-order valence-corrected chi connectivity index (χ1v) is 4.92. The summed E-state index contributed by atoms with van der Waals surface area (Å²) in [5.74, 6) is -0.592. The molecule has 0 aliphatic rings. The smallest absolute Gasteiger partial charge is 0.313 e. The van der Waals surface area contributed by atoms with E-state index in [0.717, 1.165) is 10.3 Å². The Kier molecular flexibility index (Phi) is 3.66. The van der Waals surface area contributed by atoms with Gasteiger partial charge in [-0.3, -0.25) is 4.79 Å². The highest BCUT2D eigenvalue weighted by atomic mass is 16.5. The molecule has 1 rings (SSSR count). The van der Waals surface area contributed by atoms with E-state index in [1.807, 2.05) is 0 Å². The maximum absolute atomic E-state index is 11.4. The van der Waals surface area contributed by atoms with Gasteiger partial charge in [0.25, 0.3) is 0 Å². The lowest BCUT2D eigenvalue weighted by Gasteiger charge is -2.11. The van der Waals surface area contributed by atoms with Crippen LogP contribution in [0, 0.1) is 12.1 Å². The Hall–Kier alpha value is -1.58. The minimum absolute atomic E-state index is 0.263. The van der Waals surface area contributed by atoms with Gasteiger partial charge in [-0.1, -0.05) is 0 Å². The predicted octanol–water partition coefficient (Wildman–Crippen LogP) is 1.30. The van der Waals surface area contributed by atoms with E-state index in [1.54, 1.807) is 32.9 Å². The number of rotatable bonds is 3. The van der Waals surface area contributed by atoms with Gasteiger partial charge >= 0.3 is 5.97 Å². The van der Waals surface area contributed by atoms with Crippen molar-refractivity contribution in [3.8, 4) is 0 Å². The van der Waals surface area contributed by atoms with Gasteiger partial charge in [0.1, 0.15) is 0 Å². The number of esters is 1. The summed E-state index contributed by atoms with van der Waals surface area (Å²) in [4.78, 5) is 11.4. The average molecular weight is 209 g/mol.